The molecule has 1 aliphatic rings. The third-order valence-corrected chi connectivity index (χ3v) is 3.04. The molecule has 0 saturated carbocycles. The summed E-state index contributed by atoms with van der Waals surface area (Å²) in [4.78, 5) is 0. The molecule has 1 atom stereocenters. The fourth-order valence-electron chi connectivity index (χ4n) is 2.08. The van der Waals surface area contributed by atoms with Crippen LogP contribution in [0.2, 0.25) is 0 Å². The van der Waals surface area contributed by atoms with Crippen molar-refractivity contribution in [1.82, 2.24) is 0 Å². The first-order valence-electron chi connectivity index (χ1n) is 4.63. The largest absolute Gasteiger partial charge is 0.395 e. The van der Waals surface area contributed by atoms with Gasteiger partial charge in [-0.05, 0) is 30.5 Å². The van der Waals surface area contributed by atoms with Crippen LogP contribution >= 0.6 is 0 Å². The van der Waals surface area contributed by atoms with E-state index in [0.29, 0.717) is 0 Å². The smallest absolute Gasteiger partial charge is 0.0537 e. The monoisotopic (exact) mass is 174 g/mol. The first-order valence-corrected chi connectivity index (χ1v) is 4.63. The summed E-state index contributed by atoms with van der Waals surface area (Å²) in [5.41, 5.74) is 5.22. The number of aliphatic hydroxyl groups excluding tert-OH is 1. The molecular formula is C12H14O. The molecule has 0 heterocycles. The van der Waals surface area contributed by atoms with Gasteiger partial charge in [0.1, 0.15) is 0 Å². The van der Waals surface area contributed by atoms with Crippen LogP contribution in [-0.2, 0) is 0 Å². The van der Waals surface area contributed by atoms with Crippen molar-refractivity contribution in [3.8, 4) is 0 Å². The second-order valence-corrected chi connectivity index (χ2v) is 3.63. The molecule has 0 amide bonds. The molecule has 0 radical (unpaired) electrons. The second kappa shape index (κ2) is 3.00. The number of aliphatic hydroxyl groups is 1. The zero-order chi connectivity index (χ0) is 9.42. The summed E-state index contributed by atoms with van der Waals surface area (Å²) in [5, 5.41) is 9.27. The summed E-state index contributed by atoms with van der Waals surface area (Å²) in [6.07, 6.45) is 0. The van der Waals surface area contributed by atoms with E-state index in [1.165, 1.54) is 22.3 Å². The number of allylic oxidation sites excluding steroid dienone is 1. The predicted octanol–water partition coefficient (Wildman–Crippen LogP) is 2.57. The highest BCUT2D eigenvalue weighted by atomic mass is 16.3. The summed E-state index contributed by atoms with van der Waals surface area (Å²) in [5.74, 6) is 0.233. The van der Waals surface area contributed by atoms with Gasteiger partial charge in [-0.2, -0.15) is 0 Å². The highest BCUT2D eigenvalue weighted by Crippen LogP contribution is 2.40. The molecule has 13 heavy (non-hydrogen) atoms. The summed E-state index contributed by atoms with van der Waals surface area (Å²) in [7, 11) is 0. The third kappa shape index (κ3) is 1.11. The first kappa shape index (κ1) is 8.52. The van der Waals surface area contributed by atoms with Crippen molar-refractivity contribution in [3.63, 3.8) is 0 Å². The fourth-order valence-corrected chi connectivity index (χ4v) is 2.08. The minimum absolute atomic E-state index is 0.222. The Morgan fingerprint density at radius 1 is 1.23 bits per heavy atom. The van der Waals surface area contributed by atoms with Crippen molar-refractivity contribution < 1.29 is 5.11 Å². The quantitative estimate of drug-likeness (QED) is 0.693. The normalized spacial score (nSPS) is 20.7. The zero-order valence-electron chi connectivity index (χ0n) is 8.04. The number of rotatable bonds is 1. The van der Waals surface area contributed by atoms with Crippen molar-refractivity contribution in [3.05, 3.63) is 41.0 Å². The molecule has 1 unspecified atom stereocenters. The maximum atomic E-state index is 9.27. The molecule has 2 rings (SSSR count). The molecule has 0 saturated heterocycles. The van der Waals surface area contributed by atoms with E-state index >= 15 is 0 Å². The molecule has 0 bridgehead atoms. The highest BCUT2D eigenvalue weighted by molar-refractivity contribution is 5.76. The summed E-state index contributed by atoms with van der Waals surface area (Å²) < 4.78 is 0. The molecule has 1 aliphatic carbocycles. The number of fused-ring (bicyclic) bond motifs is 1. The summed E-state index contributed by atoms with van der Waals surface area (Å²) in [6, 6.07) is 8.32. The van der Waals surface area contributed by atoms with Crippen molar-refractivity contribution in [2.75, 3.05) is 6.61 Å². The van der Waals surface area contributed by atoms with E-state index in [1.807, 2.05) is 6.07 Å². The van der Waals surface area contributed by atoms with E-state index in [2.05, 4.69) is 32.0 Å². The Kier molecular flexibility index (Phi) is 1.97. The van der Waals surface area contributed by atoms with Gasteiger partial charge in [0.05, 0.1) is 6.61 Å². The van der Waals surface area contributed by atoms with Gasteiger partial charge < -0.3 is 5.11 Å². The van der Waals surface area contributed by atoms with E-state index < -0.39 is 0 Å². The van der Waals surface area contributed by atoms with Crippen LogP contribution in [0.3, 0.4) is 0 Å². The molecule has 0 spiro atoms. The van der Waals surface area contributed by atoms with E-state index in [-0.39, 0.29) is 12.5 Å². The molecular weight excluding hydrogens is 160 g/mol. The van der Waals surface area contributed by atoms with Crippen LogP contribution in [0.15, 0.2) is 29.8 Å². The lowest BCUT2D eigenvalue weighted by molar-refractivity contribution is 0.280. The lowest BCUT2D eigenvalue weighted by Gasteiger charge is -2.09. The van der Waals surface area contributed by atoms with Crippen LogP contribution in [0, 0.1) is 0 Å². The Labute approximate surface area is 78.7 Å². The van der Waals surface area contributed by atoms with Crippen molar-refractivity contribution in [2.45, 2.75) is 19.8 Å². The SMILES string of the molecule is CC1=C(C)C(CO)c2ccccc21. The average Bonchev–Trinajstić information content (AvgIpc) is 2.41. The molecule has 1 N–H and O–H groups in total. The van der Waals surface area contributed by atoms with E-state index in [9.17, 15) is 5.11 Å². The zero-order valence-corrected chi connectivity index (χ0v) is 8.04. The van der Waals surface area contributed by atoms with Crippen LogP contribution in [-0.4, -0.2) is 11.7 Å². The third-order valence-electron chi connectivity index (χ3n) is 3.04. The summed E-state index contributed by atoms with van der Waals surface area (Å²) >= 11 is 0. The maximum Gasteiger partial charge on any atom is 0.0537 e. The van der Waals surface area contributed by atoms with Gasteiger partial charge in [-0.25, -0.2) is 0 Å². The first-order chi connectivity index (χ1) is 6.25. The van der Waals surface area contributed by atoms with E-state index in [1.54, 1.807) is 0 Å². The lowest BCUT2D eigenvalue weighted by atomic mass is 9.98. The Morgan fingerprint density at radius 2 is 1.92 bits per heavy atom. The fraction of sp³-hybridized carbons (Fsp3) is 0.333. The van der Waals surface area contributed by atoms with Gasteiger partial charge in [0.15, 0.2) is 0 Å². The minimum Gasteiger partial charge on any atom is -0.395 e. The van der Waals surface area contributed by atoms with Gasteiger partial charge in [0.25, 0.3) is 0 Å². The average molecular weight is 174 g/mol. The van der Waals surface area contributed by atoms with Crippen LogP contribution in [0.25, 0.3) is 5.57 Å². The minimum atomic E-state index is 0.222. The standard InChI is InChI=1S/C12H14O/c1-8-9(2)12(7-13)11-6-4-3-5-10(8)11/h3-6,12-13H,7H2,1-2H3. The predicted molar refractivity (Wildman–Crippen MR) is 54.5 cm³/mol. The molecule has 1 nitrogen and oxygen atoms in total. The van der Waals surface area contributed by atoms with Gasteiger partial charge >= 0.3 is 0 Å². The molecule has 1 aromatic carbocycles. The Morgan fingerprint density at radius 3 is 2.62 bits per heavy atom. The van der Waals surface area contributed by atoms with Gasteiger partial charge in [-0.15, -0.1) is 0 Å². The lowest BCUT2D eigenvalue weighted by Crippen LogP contribution is -2.01. The van der Waals surface area contributed by atoms with Crippen LogP contribution in [0.5, 0.6) is 0 Å². The molecule has 68 valence electrons. The molecule has 0 aliphatic heterocycles. The van der Waals surface area contributed by atoms with Crippen LogP contribution in [0.4, 0.5) is 0 Å². The summed E-state index contributed by atoms with van der Waals surface area (Å²) in [6.45, 7) is 4.46. The Balaban J connectivity index is 2.59. The van der Waals surface area contributed by atoms with Crippen molar-refractivity contribution >= 4 is 5.57 Å². The van der Waals surface area contributed by atoms with E-state index in [0.717, 1.165) is 0 Å². The van der Waals surface area contributed by atoms with Crippen LogP contribution in [0.1, 0.15) is 30.9 Å². The second-order valence-electron chi connectivity index (χ2n) is 3.63. The van der Waals surface area contributed by atoms with Crippen LogP contribution < -0.4 is 0 Å². The van der Waals surface area contributed by atoms with Gasteiger partial charge in [0, 0.05) is 5.92 Å². The number of hydrogen-bond donors (Lipinski definition) is 1. The van der Waals surface area contributed by atoms with Crippen molar-refractivity contribution in [2.24, 2.45) is 0 Å². The van der Waals surface area contributed by atoms with E-state index in [4.69, 9.17) is 0 Å². The van der Waals surface area contributed by atoms with Gasteiger partial charge in [-0.1, -0.05) is 29.8 Å². The van der Waals surface area contributed by atoms with Gasteiger partial charge in [0.2, 0.25) is 0 Å². The van der Waals surface area contributed by atoms with Crippen molar-refractivity contribution in [1.29, 1.82) is 0 Å². The molecule has 1 aromatic rings. The molecule has 1 heteroatoms. The van der Waals surface area contributed by atoms with Gasteiger partial charge in [-0.3, -0.25) is 0 Å². The number of benzene rings is 1. The number of hydrogen-bond acceptors (Lipinski definition) is 1. The highest BCUT2D eigenvalue weighted by Gasteiger charge is 2.24. The maximum absolute atomic E-state index is 9.27. The Hall–Kier alpha value is -1.08. The molecule has 0 aromatic heterocycles. The Bertz CT molecular complexity index is 363. The topological polar surface area (TPSA) is 20.2 Å². The molecule has 0 fully saturated rings.